The first-order chi connectivity index (χ1) is 21.0. The van der Waals surface area contributed by atoms with E-state index in [2.05, 4.69) is 15.0 Å². The Labute approximate surface area is 261 Å². The van der Waals surface area contributed by atoms with Crippen LogP contribution in [0.3, 0.4) is 0 Å². The van der Waals surface area contributed by atoms with Gasteiger partial charge in [-0.1, -0.05) is 31.9 Å². The molecule has 0 bridgehead atoms. The largest absolute Gasteiger partial charge is 0.573 e. The third kappa shape index (κ3) is 7.07. The highest BCUT2D eigenvalue weighted by atomic mass is 35.5. The van der Waals surface area contributed by atoms with Gasteiger partial charge in [0.05, 0.1) is 23.8 Å². The number of aliphatic carboxylic acids is 1. The highest BCUT2D eigenvalue weighted by Crippen LogP contribution is 2.34. The third-order valence-corrected chi connectivity index (χ3v) is 8.49. The van der Waals surface area contributed by atoms with Crippen molar-refractivity contribution in [3.63, 3.8) is 0 Å². The zero-order valence-electron chi connectivity index (χ0n) is 24.7. The number of fused-ring (bicyclic) bond motifs is 1. The standard InChI is InChI=1S/C28H29ClF3N5O7S/c1-6-13(2)22(25(40)41)33-12-37-18(15-7-8-19(17(29)9-15)44-28(30,31)32)11-45-26(37)34-20(38)10-16-14(3)43-24-21(16)23(39)35(4)27(42)36(24)5/h7-9,11,13,22,33H,6,10,12H2,1-5H3,(H,40,41)/t13?,22-/m0/s1. The maximum Gasteiger partial charge on any atom is 0.573 e. The minimum atomic E-state index is -4.96. The fraction of sp³-hybridized carbons (Fsp3) is 0.393. The van der Waals surface area contributed by atoms with Gasteiger partial charge in [-0.25, -0.2) is 4.79 Å². The number of carboxylic acids is 1. The second-order valence-electron chi connectivity index (χ2n) is 10.3. The van der Waals surface area contributed by atoms with E-state index >= 15 is 0 Å². The number of thiazole rings is 1. The molecule has 2 atom stereocenters. The summed E-state index contributed by atoms with van der Waals surface area (Å²) < 4.78 is 51.5. The summed E-state index contributed by atoms with van der Waals surface area (Å²) >= 11 is 7.11. The molecular formula is C28H29ClF3N5O7S. The Kier molecular flexibility index (Phi) is 9.80. The zero-order chi connectivity index (χ0) is 33.4. The van der Waals surface area contributed by atoms with E-state index in [0.717, 1.165) is 26.5 Å². The molecule has 242 valence electrons. The summed E-state index contributed by atoms with van der Waals surface area (Å²) in [6, 6.07) is 2.66. The fourth-order valence-electron chi connectivity index (χ4n) is 4.72. The molecule has 1 amide bonds. The Morgan fingerprint density at radius 3 is 2.51 bits per heavy atom. The number of aromatic nitrogens is 3. The van der Waals surface area contributed by atoms with Gasteiger partial charge in [-0.05, 0) is 31.0 Å². The average Bonchev–Trinajstić information content (AvgIpc) is 3.51. The minimum absolute atomic E-state index is 0.0145. The number of benzene rings is 1. The maximum absolute atomic E-state index is 13.3. The lowest BCUT2D eigenvalue weighted by molar-refractivity contribution is -0.274. The number of nitrogens with zero attached hydrogens (tertiary/aromatic N) is 4. The summed E-state index contributed by atoms with van der Waals surface area (Å²) in [4.78, 5) is 54.9. The van der Waals surface area contributed by atoms with Gasteiger partial charge in [0, 0.05) is 30.6 Å². The number of hydrogen-bond donors (Lipinski definition) is 2. The van der Waals surface area contributed by atoms with Crippen LogP contribution in [0, 0.1) is 12.8 Å². The number of hydrogen-bond acceptors (Lipinski definition) is 8. The smallest absolute Gasteiger partial charge is 0.480 e. The van der Waals surface area contributed by atoms with E-state index in [1.807, 2.05) is 6.92 Å². The maximum atomic E-state index is 13.3. The van der Waals surface area contributed by atoms with E-state index < -0.39 is 41.3 Å². The van der Waals surface area contributed by atoms with Crippen molar-refractivity contribution >= 4 is 45.9 Å². The Balaban J connectivity index is 1.78. The van der Waals surface area contributed by atoms with Crippen molar-refractivity contribution in [2.75, 3.05) is 0 Å². The van der Waals surface area contributed by atoms with Crippen molar-refractivity contribution < 1.29 is 37.0 Å². The number of furan rings is 1. The van der Waals surface area contributed by atoms with Gasteiger partial charge in [-0.3, -0.25) is 28.8 Å². The van der Waals surface area contributed by atoms with Crippen molar-refractivity contribution in [3.05, 3.63) is 65.6 Å². The summed E-state index contributed by atoms with van der Waals surface area (Å²) in [6.07, 6.45) is -4.75. The number of carbonyl (C=O) groups excluding carboxylic acids is 1. The molecule has 0 aliphatic heterocycles. The molecule has 0 fully saturated rings. The van der Waals surface area contributed by atoms with Gasteiger partial charge in [0.15, 0.2) is 4.80 Å². The van der Waals surface area contributed by atoms with E-state index in [0.29, 0.717) is 17.7 Å². The van der Waals surface area contributed by atoms with Crippen molar-refractivity contribution in [2.24, 2.45) is 25.0 Å². The van der Waals surface area contributed by atoms with E-state index in [9.17, 15) is 37.5 Å². The molecule has 4 aromatic rings. The normalized spacial score (nSPS) is 13.8. The van der Waals surface area contributed by atoms with Crippen LogP contribution in [0.5, 0.6) is 5.75 Å². The second kappa shape index (κ2) is 13.1. The van der Waals surface area contributed by atoms with E-state index in [1.165, 1.54) is 30.8 Å². The molecule has 4 rings (SSSR count). The minimum Gasteiger partial charge on any atom is -0.480 e. The lowest BCUT2D eigenvalue weighted by Gasteiger charge is -2.21. The van der Waals surface area contributed by atoms with Gasteiger partial charge < -0.3 is 18.8 Å². The van der Waals surface area contributed by atoms with Crippen molar-refractivity contribution in [1.29, 1.82) is 0 Å². The van der Waals surface area contributed by atoms with Crippen LogP contribution in [0.25, 0.3) is 22.4 Å². The summed E-state index contributed by atoms with van der Waals surface area (Å²) in [5, 5.41) is 14.1. The molecule has 17 heteroatoms. The van der Waals surface area contributed by atoms with E-state index in [4.69, 9.17) is 16.0 Å². The van der Waals surface area contributed by atoms with Crippen LogP contribution in [0.2, 0.25) is 5.02 Å². The van der Waals surface area contributed by atoms with E-state index in [-0.39, 0.29) is 51.3 Å². The molecular weight excluding hydrogens is 643 g/mol. The first-order valence-corrected chi connectivity index (χ1v) is 14.8. The molecule has 3 heterocycles. The predicted molar refractivity (Wildman–Crippen MR) is 159 cm³/mol. The topological polar surface area (TPSA) is 150 Å². The van der Waals surface area contributed by atoms with Crippen LogP contribution >= 0.6 is 22.9 Å². The molecule has 1 aromatic carbocycles. The molecule has 0 spiro atoms. The number of rotatable bonds is 10. The summed E-state index contributed by atoms with van der Waals surface area (Å²) in [5.41, 5.74) is -0.241. The van der Waals surface area contributed by atoms with Crippen LogP contribution in [0.15, 0.2) is 42.6 Å². The van der Waals surface area contributed by atoms with Crippen LogP contribution < -0.4 is 26.1 Å². The molecule has 0 saturated heterocycles. The monoisotopic (exact) mass is 671 g/mol. The number of carboxylic acid groups (broad SMARTS) is 1. The Bertz CT molecular complexity index is 1970. The highest BCUT2D eigenvalue weighted by Gasteiger charge is 2.32. The van der Waals surface area contributed by atoms with Crippen LogP contribution in [-0.2, 0) is 36.8 Å². The fourth-order valence-corrected chi connectivity index (χ4v) is 5.87. The van der Waals surface area contributed by atoms with Crippen LogP contribution in [-0.4, -0.2) is 43.1 Å². The summed E-state index contributed by atoms with van der Waals surface area (Å²) in [7, 11) is 2.74. The number of amides is 1. The summed E-state index contributed by atoms with van der Waals surface area (Å²) in [5.74, 6) is -2.39. The van der Waals surface area contributed by atoms with Gasteiger partial charge >= 0.3 is 18.0 Å². The van der Waals surface area contributed by atoms with Gasteiger partial charge in [-0.15, -0.1) is 24.5 Å². The van der Waals surface area contributed by atoms with Gasteiger partial charge in [-0.2, -0.15) is 4.99 Å². The number of halogens is 4. The first kappa shape index (κ1) is 33.7. The van der Waals surface area contributed by atoms with Crippen LogP contribution in [0.4, 0.5) is 13.2 Å². The molecule has 0 aliphatic carbocycles. The van der Waals surface area contributed by atoms with Crippen molar-refractivity contribution in [2.45, 2.75) is 52.7 Å². The number of aryl methyl sites for hydroxylation is 2. The number of carbonyl (C=O) groups is 2. The number of nitrogens with one attached hydrogen (secondary N) is 1. The zero-order valence-corrected chi connectivity index (χ0v) is 26.3. The molecule has 2 N–H and O–H groups in total. The molecule has 1 unspecified atom stereocenters. The highest BCUT2D eigenvalue weighted by molar-refractivity contribution is 7.07. The quantitative estimate of drug-likeness (QED) is 0.258. The molecule has 3 aromatic heterocycles. The van der Waals surface area contributed by atoms with Gasteiger partial charge in [0.1, 0.15) is 22.9 Å². The molecule has 45 heavy (non-hydrogen) atoms. The van der Waals surface area contributed by atoms with E-state index in [1.54, 1.807) is 19.2 Å². The molecule has 0 saturated carbocycles. The number of ether oxygens (including phenoxy) is 1. The van der Waals surface area contributed by atoms with Crippen LogP contribution in [0.1, 0.15) is 31.6 Å². The lowest BCUT2D eigenvalue weighted by Crippen LogP contribution is -2.43. The Hall–Kier alpha value is -4.15. The molecule has 0 aliphatic rings. The third-order valence-electron chi connectivity index (χ3n) is 7.34. The molecule has 12 nitrogen and oxygen atoms in total. The Morgan fingerprint density at radius 1 is 1.22 bits per heavy atom. The predicted octanol–water partition coefficient (Wildman–Crippen LogP) is 3.94. The summed E-state index contributed by atoms with van der Waals surface area (Å²) in [6.45, 7) is 5.01. The van der Waals surface area contributed by atoms with Crippen molar-refractivity contribution in [1.82, 2.24) is 19.0 Å². The first-order valence-electron chi connectivity index (χ1n) is 13.5. The average molecular weight is 672 g/mol. The Morgan fingerprint density at radius 2 is 1.91 bits per heavy atom. The van der Waals surface area contributed by atoms with Crippen molar-refractivity contribution in [3.8, 4) is 17.0 Å². The second-order valence-corrected chi connectivity index (χ2v) is 11.5. The van der Waals surface area contributed by atoms with Gasteiger partial charge in [0.2, 0.25) is 5.71 Å². The SMILES string of the molecule is CCC(C)[C@H](NCn1c(-c2ccc(OC(F)(F)F)c(Cl)c2)csc1=NC(=O)Cc1c(C)oc2c1c(=O)n(C)c(=O)n2C)C(=O)O. The number of alkyl halides is 3. The van der Waals surface area contributed by atoms with Gasteiger partial charge in [0.25, 0.3) is 11.5 Å². The lowest BCUT2D eigenvalue weighted by atomic mass is 10.00. The molecule has 0 radical (unpaired) electrons.